The van der Waals surface area contributed by atoms with Crippen LogP contribution in [0.3, 0.4) is 0 Å². The van der Waals surface area contributed by atoms with Crippen molar-refractivity contribution in [3.8, 4) is 0 Å². The summed E-state index contributed by atoms with van der Waals surface area (Å²) >= 11 is 0. The maximum absolute atomic E-state index is 12.9. The number of carbonyl (C=O) groups excluding carboxylic acids is 2. The van der Waals surface area contributed by atoms with Crippen LogP contribution >= 0.6 is 0 Å². The normalized spacial score (nSPS) is 12.9. The quantitative estimate of drug-likeness (QED) is 0.734. The first kappa shape index (κ1) is 19.6. The van der Waals surface area contributed by atoms with Gasteiger partial charge in [0.2, 0.25) is 0 Å². The summed E-state index contributed by atoms with van der Waals surface area (Å²) in [4.78, 5) is 24.1. The van der Waals surface area contributed by atoms with E-state index >= 15 is 0 Å². The third-order valence-corrected chi connectivity index (χ3v) is 4.23. The van der Waals surface area contributed by atoms with Gasteiger partial charge in [0.05, 0.1) is 6.42 Å². The molecule has 0 aliphatic heterocycles. The second-order valence-corrected chi connectivity index (χ2v) is 6.20. The highest BCUT2D eigenvalue weighted by molar-refractivity contribution is 5.83. The Morgan fingerprint density at radius 3 is 2.35 bits per heavy atom. The molecule has 138 valence electrons. The summed E-state index contributed by atoms with van der Waals surface area (Å²) in [7, 11) is 0. The van der Waals surface area contributed by atoms with Crippen LogP contribution < -0.4 is 5.32 Å². The summed E-state index contributed by atoms with van der Waals surface area (Å²) in [5, 5.41) is 2.84. The maximum Gasteiger partial charge on any atom is 0.311 e. The Morgan fingerprint density at radius 1 is 1.08 bits per heavy atom. The van der Waals surface area contributed by atoms with Crippen LogP contribution in [0.25, 0.3) is 0 Å². The van der Waals surface area contributed by atoms with Crippen molar-refractivity contribution in [3.05, 3.63) is 71.5 Å². The van der Waals surface area contributed by atoms with Gasteiger partial charge in [0, 0.05) is 12.5 Å². The van der Waals surface area contributed by atoms with Crippen molar-refractivity contribution >= 4 is 11.9 Å². The van der Waals surface area contributed by atoms with E-state index in [-0.39, 0.29) is 24.1 Å². The Kier molecular flexibility index (Phi) is 7.33. The van der Waals surface area contributed by atoms with E-state index < -0.39 is 12.1 Å². The van der Waals surface area contributed by atoms with Crippen LogP contribution in [0.15, 0.2) is 54.6 Å². The van der Waals surface area contributed by atoms with Crippen LogP contribution in [0.5, 0.6) is 0 Å². The SMILES string of the molecule is CC[C@@H](CNC(=O)[C@H](C)OC(=O)Cc1ccc(F)cc1)c1ccccc1. The molecule has 0 aliphatic carbocycles. The molecular weight excluding hydrogens is 333 g/mol. The molecule has 0 saturated carbocycles. The molecule has 0 radical (unpaired) electrons. The van der Waals surface area contributed by atoms with Crippen LogP contribution in [-0.4, -0.2) is 24.5 Å². The van der Waals surface area contributed by atoms with Crippen LogP contribution in [0, 0.1) is 5.82 Å². The lowest BCUT2D eigenvalue weighted by molar-refractivity contribution is -0.154. The molecule has 26 heavy (non-hydrogen) atoms. The fraction of sp³-hybridized carbons (Fsp3) is 0.333. The van der Waals surface area contributed by atoms with Gasteiger partial charge >= 0.3 is 5.97 Å². The van der Waals surface area contributed by atoms with Crippen molar-refractivity contribution in [1.29, 1.82) is 0 Å². The number of nitrogens with one attached hydrogen (secondary N) is 1. The fourth-order valence-corrected chi connectivity index (χ4v) is 2.65. The average molecular weight is 357 g/mol. The lowest BCUT2D eigenvalue weighted by Crippen LogP contribution is -2.38. The number of hydrogen-bond acceptors (Lipinski definition) is 3. The predicted molar refractivity (Wildman–Crippen MR) is 98.1 cm³/mol. The van der Waals surface area contributed by atoms with Crippen molar-refractivity contribution in [3.63, 3.8) is 0 Å². The highest BCUT2D eigenvalue weighted by Gasteiger charge is 2.19. The van der Waals surface area contributed by atoms with Crippen molar-refractivity contribution < 1.29 is 18.7 Å². The Balaban J connectivity index is 1.81. The van der Waals surface area contributed by atoms with Gasteiger partial charge in [-0.15, -0.1) is 0 Å². The molecule has 2 atom stereocenters. The Morgan fingerprint density at radius 2 is 1.73 bits per heavy atom. The molecule has 0 aliphatic rings. The molecule has 2 aromatic carbocycles. The molecule has 0 heterocycles. The van der Waals surface area contributed by atoms with E-state index in [9.17, 15) is 14.0 Å². The van der Waals surface area contributed by atoms with Crippen LogP contribution in [0.4, 0.5) is 4.39 Å². The molecule has 1 amide bonds. The van der Waals surface area contributed by atoms with Gasteiger partial charge in [-0.2, -0.15) is 0 Å². The minimum absolute atomic E-state index is 0.000496. The molecule has 2 rings (SSSR count). The topological polar surface area (TPSA) is 55.4 Å². The zero-order valence-electron chi connectivity index (χ0n) is 15.1. The third kappa shape index (κ3) is 5.99. The van der Waals surface area contributed by atoms with E-state index in [2.05, 4.69) is 12.2 Å². The summed E-state index contributed by atoms with van der Waals surface area (Å²) in [6.45, 7) is 4.09. The van der Waals surface area contributed by atoms with Crippen LogP contribution in [0.2, 0.25) is 0 Å². The molecule has 2 aromatic rings. The zero-order valence-corrected chi connectivity index (χ0v) is 15.1. The largest absolute Gasteiger partial charge is 0.452 e. The highest BCUT2D eigenvalue weighted by atomic mass is 19.1. The van der Waals surface area contributed by atoms with Crippen LogP contribution in [0.1, 0.15) is 37.3 Å². The number of esters is 1. The molecule has 0 unspecified atom stereocenters. The van der Waals surface area contributed by atoms with Gasteiger partial charge in [0.25, 0.3) is 5.91 Å². The van der Waals surface area contributed by atoms with E-state index in [0.717, 1.165) is 12.0 Å². The Labute approximate surface area is 153 Å². The lowest BCUT2D eigenvalue weighted by atomic mass is 9.96. The number of hydrogen-bond donors (Lipinski definition) is 1. The van der Waals surface area contributed by atoms with Gasteiger partial charge in [-0.05, 0) is 36.6 Å². The zero-order chi connectivity index (χ0) is 18.9. The maximum atomic E-state index is 12.9. The number of benzene rings is 2. The van der Waals surface area contributed by atoms with E-state index in [1.54, 1.807) is 6.92 Å². The smallest absolute Gasteiger partial charge is 0.311 e. The summed E-state index contributed by atoms with van der Waals surface area (Å²) in [5.41, 5.74) is 1.80. The minimum Gasteiger partial charge on any atom is -0.452 e. The number of rotatable bonds is 8. The highest BCUT2D eigenvalue weighted by Crippen LogP contribution is 2.18. The van der Waals surface area contributed by atoms with E-state index in [0.29, 0.717) is 12.1 Å². The minimum atomic E-state index is -0.878. The molecule has 0 saturated heterocycles. The van der Waals surface area contributed by atoms with Gasteiger partial charge in [0.15, 0.2) is 6.10 Å². The molecule has 0 bridgehead atoms. The first-order valence-corrected chi connectivity index (χ1v) is 8.76. The molecule has 4 nitrogen and oxygen atoms in total. The summed E-state index contributed by atoms with van der Waals surface area (Å²) in [6.07, 6.45) is 0.0129. The van der Waals surface area contributed by atoms with Gasteiger partial charge in [-0.3, -0.25) is 9.59 Å². The first-order valence-electron chi connectivity index (χ1n) is 8.76. The van der Waals surface area contributed by atoms with Gasteiger partial charge in [-0.25, -0.2) is 4.39 Å². The lowest BCUT2D eigenvalue weighted by Gasteiger charge is -2.18. The molecular formula is C21H24FNO3. The Hall–Kier alpha value is -2.69. The van der Waals surface area contributed by atoms with Crippen LogP contribution in [-0.2, 0) is 20.7 Å². The molecule has 0 spiro atoms. The number of ether oxygens (including phenoxy) is 1. The van der Waals surface area contributed by atoms with E-state index in [4.69, 9.17) is 4.74 Å². The van der Waals surface area contributed by atoms with E-state index in [1.165, 1.54) is 24.3 Å². The van der Waals surface area contributed by atoms with E-state index in [1.807, 2.05) is 30.3 Å². The second-order valence-electron chi connectivity index (χ2n) is 6.20. The third-order valence-electron chi connectivity index (χ3n) is 4.23. The molecule has 0 aromatic heterocycles. The van der Waals surface area contributed by atoms with Gasteiger partial charge in [-0.1, -0.05) is 49.4 Å². The number of carbonyl (C=O) groups is 2. The summed E-state index contributed by atoms with van der Waals surface area (Å²) < 4.78 is 18.0. The standard InChI is InChI=1S/C21H24FNO3/c1-3-17(18-7-5-4-6-8-18)14-23-21(25)15(2)26-20(24)13-16-9-11-19(22)12-10-16/h4-12,15,17H,3,13-14H2,1-2H3,(H,23,25)/t15-,17-/m0/s1. The van der Waals surface area contributed by atoms with Crippen molar-refractivity contribution in [2.45, 2.75) is 38.7 Å². The Bertz CT molecular complexity index is 716. The number of halogens is 1. The van der Waals surface area contributed by atoms with Crippen molar-refractivity contribution in [2.24, 2.45) is 0 Å². The monoisotopic (exact) mass is 357 g/mol. The predicted octanol–water partition coefficient (Wildman–Crippen LogP) is 3.61. The van der Waals surface area contributed by atoms with Crippen molar-refractivity contribution in [1.82, 2.24) is 5.32 Å². The fourth-order valence-electron chi connectivity index (χ4n) is 2.65. The average Bonchev–Trinajstić information content (AvgIpc) is 2.64. The molecule has 1 N–H and O–H groups in total. The molecule has 0 fully saturated rings. The second kappa shape index (κ2) is 9.70. The van der Waals surface area contributed by atoms with Gasteiger partial charge < -0.3 is 10.1 Å². The summed E-state index contributed by atoms with van der Waals surface area (Å²) in [5.74, 6) is -0.998. The van der Waals surface area contributed by atoms with Crippen molar-refractivity contribution in [2.75, 3.05) is 6.54 Å². The van der Waals surface area contributed by atoms with Gasteiger partial charge in [0.1, 0.15) is 5.82 Å². The summed E-state index contributed by atoms with van der Waals surface area (Å²) in [6, 6.07) is 15.6. The first-order chi connectivity index (χ1) is 12.5. The molecule has 5 heteroatoms. The number of amides is 1.